The first-order valence-electron chi connectivity index (χ1n) is 4.76. The number of carboxylic acids is 1. The average Bonchev–Trinajstić information content (AvgIpc) is 2.12. The second-order valence-corrected chi connectivity index (χ2v) is 3.47. The molecule has 0 spiro atoms. The Morgan fingerprint density at radius 3 is 2.64 bits per heavy atom. The molecule has 14 heavy (non-hydrogen) atoms. The molecule has 1 aromatic rings. The lowest BCUT2D eigenvalue weighted by Gasteiger charge is -2.26. The number of rotatable bonds is 3. The quantitative estimate of drug-likeness (QED) is 0.799. The normalized spacial score (nSPS) is 16.0. The van der Waals surface area contributed by atoms with Gasteiger partial charge in [0.1, 0.15) is 11.3 Å². The molecule has 1 N–H and O–H groups in total. The van der Waals surface area contributed by atoms with Crippen molar-refractivity contribution in [2.45, 2.75) is 25.4 Å². The van der Waals surface area contributed by atoms with Crippen LogP contribution in [0.5, 0.6) is 5.75 Å². The summed E-state index contributed by atoms with van der Waals surface area (Å²) in [6.45, 7) is 0. The fourth-order valence-electron chi connectivity index (χ4n) is 1.41. The van der Waals surface area contributed by atoms with E-state index in [1.807, 2.05) is 0 Å². The second kappa shape index (κ2) is 3.70. The molecule has 1 fully saturated rings. The molecule has 1 saturated carbocycles. The number of hydrogen-bond acceptors (Lipinski definition) is 2. The van der Waals surface area contributed by atoms with Gasteiger partial charge in [0.25, 0.3) is 0 Å². The van der Waals surface area contributed by atoms with Gasteiger partial charge in [0.05, 0.1) is 6.10 Å². The first kappa shape index (κ1) is 9.06. The average molecular weight is 192 g/mol. The van der Waals surface area contributed by atoms with Crippen molar-refractivity contribution in [3.05, 3.63) is 29.8 Å². The minimum Gasteiger partial charge on any atom is -0.490 e. The van der Waals surface area contributed by atoms with Gasteiger partial charge in [0.15, 0.2) is 0 Å². The van der Waals surface area contributed by atoms with Crippen LogP contribution in [0, 0.1) is 0 Å². The molecular weight excluding hydrogens is 180 g/mol. The Balaban J connectivity index is 2.17. The van der Waals surface area contributed by atoms with Gasteiger partial charge in [0.2, 0.25) is 0 Å². The SMILES string of the molecule is O=C(O)c1ccccc1OC1CCC1. The fourth-order valence-corrected chi connectivity index (χ4v) is 1.41. The van der Waals surface area contributed by atoms with E-state index >= 15 is 0 Å². The minimum atomic E-state index is -0.931. The lowest BCUT2D eigenvalue weighted by molar-refractivity contribution is 0.0680. The highest BCUT2D eigenvalue weighted by Crippen LogP contribution is 2.27. The lowest BCUT2D eigenvalue weighted by Crippen LogP contribution is -2.25. The zero-order chi connectivity index (χ0) is 9.97. The number of benzene rings is 1. The third-order valence-corrected chi connectivity index (χ3v) is 2.46. The maximum Gasteiger partial charge on any atom is 0.339 e. The van der Waals surface area contributed by atoms with Crippen LogP contribution in [0.2, 0.25) is 0 Å². The van der Waals surface area contributed by atoms with Crippen LogP contribution in [-0.4, -0.2) is 17.2 Å². The van der Waals surface area contributed by atoms with Crippen molar-refractivity contribution < 1.29 is 14.6 Å². The van der Waals surface area contributed by atoms with Gasteiger partial charge in [-0.2, -0.15) is 0 Å². The number of carboxylic acid groups (broad SMARTS) is 1. The predicted octanol–water partition coefficient (Wildman–Crippen LogP) is 2.32. The molecule has 2 rings (SSSR count). The van der Waals surface area contributed by atoms with Crippen LogP contribution in [0.15, 0.2) is 24.3 Å². The number of aromatic carboxylic acids is 1. The fraction of sp³-hybridized carbons (Fsp3) is 0.364. The van der Waals surface area contributed by atoms with Crippen LogP contribution in [0.4, 0.5) is 0 Å². The Hall–Kier alpha value is -1.51. The summed E-state index contributed by atoms with van der Waals surface area (Å²) in [6.07, 6.45) is 3.47. The Labute approximate surface area is 82.3 Å². The first-order valence-corrected chi connectivity index (χ1v) is 4.76. The molecule has 0 radical (unpaired) electrons. The summed E-state index contributed by atoms with van der Waals surface area (Å²) in [5.41, 5.74) is 0.249. The summed E-state index contributed by atoms with van der Waals surface area (Å²) < 4.78 is 5.56. The van der Waals surface area contributed by atoms with Gasteiger partial charge in [-0.3, -0.25) is 0 Å². The molecule has 0 heterocycles. The molecule has 0 amide bonds. The molecule has 0 unspecified atom stereocenters. The van der Waals surface area contributed by atoms with Gasteiger partial charge >= 0.3 is 5.97 Å². The summed E-state index contributed by atoms with van der Waals surface area (Å²) in [5, 5.41) is 8.89. The Kier molecular flexibility index (Phi) is 2.39. The van der Waals surface area contributed by atoms with E-state index < -0.39 is 5.97 Å². The van der Waals surface area contributed by atoms with Crippen LogP contribution < -0.4 is 4.74 Å². The van der Waals surface area contributed by atoms with E-state index in [0.29, 0.717) is 5.75 Å². The number of carbonyl (C=O) groups is 1. The predicted molar refractivity (Wildman–Crippen MR) is 51.7 cm³/mol. The zero-order valence-electron chi connectivity index (χ0n) is 7.77. The standard InChI is InChI=1S/C11H12O3/c12-11(13)9-6-1-2-7-10(9)14-8-4-3-5-8/h1-2,6-8H,3-5H2,(H,12,13). The van der Waals surface area contributed by atoms with Crippen molar-refractivity contribution in [2.75, 3.05) is 0 Å². The first-order chi connectivity index (χ1) is 6.77. The molecule has 0 bridgehead atoms. The van der Waals surface area contributed by atoms with Crippen molar-refractivity contribution in [3.63, 3.8) is 0 Å². The van der Waals surface area contributed by atoms with Crippen LogP contribution in [-0.2, 0) is 0 Å². The molecule has 0 aromatic heterocycles. The lowest BCUT2D eigenvalue weighted by atomic mass is 9.96. The van der Waals surface area contributed by atoms with E-state index in [0.717, 1.165) is 12.8 Å². The Morgan fingerprint density at radius 1 is 1.36 bits per heavy atom. The number of hydrogen-bond donors (Lipinski definition) is 1. The van der Waals surface area contributed by atoms with Crippen LogP contribution in [0.25, 0.3) is 0 Å². The molecule has 1 aliphatic carbocycles. The number of ether oxygens (including phenoxy) is 1. The van der Waals surface area contributed by atoms with Gasteiger partial charge in [-0.25, -0.2) is 4.79 Å². The molecule has 74 valence electrons. The van der Waals surface area contributed by atoms with Gasteiger partial charge in [-0.1, -0.05) is 12.1 Å². The summed E-state index contributed by atoms with van der Waals surface area (Å²) in [6, 6.07) is 6.77. The monoisotopic (exact) mass is 192 g/mol. The van der Waals surface area contributed by atoms with Gasteiger partial charge < -0.3 is 9.84 Å². The number of para-hydroxylation sites is 1. The molecule has 3 nitrogen and oxygen atoms in total. The highest BCUT2D eigenvalue weighted by atomic mass is 16.5. The van der Waals surface area contributed by atoms with E-state index in [1.54, 1.807) is 24.3 Å². The highest BCUT2D eigenvalue weighted by Gasteiger charge is 2.21. The van der Waals surface area contributed by atoms with Crippen LogP contribution in [0.3, 0.4) is 0 Å². The van der Waals surface area contributed by atoms with Gasteiger partial charge in [-0.15, -0.1) is 0 Å². The highest BCUT2D eigenvalue weighted by molar-refractivity contribution is 5.90. The summed E-state index contributed by atoms with van der Waals surface area (Å²) in [4.78, 5) is 10.8. The topological polar surface area (TPSA) is 46.5 Å². The molecule has 0 atom stereocenters. The van der Waals surface area contributed by atoms with E-state index in [2.05, 4.69) is 0 Å². The van der Waals surface area contributed by atoms with Crippen molar-refractivity contribution in [2.24, 2.45) is 0 Å². The summed E-state index contributed by atoms with van der Waals surface area (Å²) >= 11 is 0. The van der Waals surface area contributed by atoms with Crippen molar-refractivity contribution in [3.8, 4) is 5.75 Å². The Morgan fingerprint density at radius 2 is 2.07 bits per heavy atom. The van der Waals surface area contributed by atoms with Crippen LogP contribution >= 0.6 is 0 Å². The van der Waals surface area contributed by atoms with Crippen molar-refractivity contribution in [1.82, 2.24) is 0 Å². The smallest absolute Gasteiger partial charge is 0.339 e. The minimum absolute atomic E-state index is 0.218. The van der Waals surface area contributed by atoms with Crippen molar-refractivity contribution >= 4 is 5.97 Å². The van der Waals surface area contributed by atoms with E-state index in [1.165, 1.54) is 6.42 Å². The molecular formula is C11H12O3. The molecule has 1 aromatic carbocycles. The van der Waals surface area contributed by atoms with Crippen LogP contribution in [0.1, 0.15) is 29.6 Å². The van der Waals surface area contributed by atoms with E-state index in [9.17, 15) is 4.79 Å². The maximum absolute atomic E-state index is 10.8. The van der Waals surface area contributed by atoms with Gasteiger partial charge in [0, 0.05) is 0 Å². The second-order valence-electron chi connectivity index (χ2n) is 3.47. The van der Waals surface area contributed by atoms with Gasteiger partial charge in [-0.05, 0) is 31.4 Å². The maximum atomic E-state index is 10.8. The largest absolute Gasteiger partial charge is 0.490 e. The van der Waals surface area contributed by atoms with E-state index in [4.69, 9.17) is 9.84 Å². The molecule has 0 saturated heterocycles. The Bertz CT molecular complexity index is 342. The third kappa shape index (κ3) is 1.71. The molecule has 1 aliphatic rings. The summed E-state index contributed by atoms with van der Waals surface area (Å²) in [7, 11) is 0. The summed E-state index contributed by atoms with van der Waals surface area (Å²) in [5.74, 6) is -0.440. The molecule has 0 aliphatic heterocycles. The van der Waals surface area contributed by atoms with Crippen molar-refractivity contribution in [1.29, 1.82) is 0 Å². The van der Waals surface area contributed by atoms with E-state index in [-0.39, 0.29) is 11.7 Å². The molecule has 3 heteroatoms. The zero-order valence-corrected chi connectivity index (χ0v) is 7.77. The third-order valence-electron chi connectivity index (χ3n) is 2.46.